The Kier molecular flexibility index (Phi) is 4.21. The van der Waals surface area contributed by atoms with Gasteiger partial charge < -0.3 is 10.4 Å². The maximum absolute atomic E-state index is 13.7. The van der Waals surface area contributed by atoms with Crippen molar-refractivity contribution in [3.63, 3.8) is 0 Å². The van der Waals surface area contributed by atoms with Gasteiger partial charge in [-0.3, -0.25) is 9.48 Å². The molecule has 2 aromatic rings. The lowest BCUT2D eigenvalue weighted by atomic mass is 10.1. The van der Waals surface area contributed by atoms with Crippen LogP contribution >= 0.6 is 0 Å². The monoisotopic (exact) mass is 305 g/mol. The fourth-order valence-electron chi connectivity index (χ4n) is 2.00. The number of halogens is 1. The van der Waals surface area contributed by atoms with Crippen molar-refractivity contribution in [3.8, 4) is 5.75 Å². The molecule has 5 nitrogen and oxygen atoms in total. The van der Waals surface area contributed by atoms with Gasteiger partial charge >= 0.3 is 0 Å². The minimum absolute atomic E-state index is 0.104. The minimum Gasteiger partial charge on any atom is -0.508 e. The van der Waals surface area contributed by atoms with E-state index in [0.29, 0.717) is 11.3 Å². The molecule has 0 bridgehead atoms. The number of aromatic nitrogens is 2. The second-order valence-electron chi connectivity index (χ2n) is 6.30. The predicted molar refractivity (Wildman–Crippen MR) is 82.4 cm³/mol. The molecule has 1 aromatic carbocycles. The van der Waals surface area contributed by atoms with E-state index >= 15 is 0 Å². The van der Waals surface area contributed by atoms with Crippen LogP contribution in [-0.4, -0.2) is 20.8 Å². The molecule has 0 radical (unpaired) electrons. The summed E-state index contributed by atoms with van der Waals surface area (Å²) >= 11 is 0. The Hall–Kier alpha value is -2.37. The summed E-state index contributed by atoms with van der Waals surface area (Å²) in [6, 6.07) is 2.50. The number of phenolic OH excluding ortho intramolecular Hbond substituents is 1. The fourth-order valence-corrected chi connectivity index (χ4v) is 2.00. The number of benzene rings is 1. The number of nitrogens with one attached hydrogen (secondary N) is 1. The van der Waals surface area contributed by atoms with Crippen LogP contribution < -0.4 is 5.32 Å². The summed E-state index contributed by atoms with van der Waals surface area (Å²) in [6.45, 7) is 7.66. The van der Waals surface area contributed by atoms with Crippen molar-refractivity contribution < 1.29 is 14.3 Å². The Morgan fingerprint density at radius 1 is 1.41 bits per heavy atom. The normalized spacial score (nSPS) is 11.5. The van der Waals surface area contributed by atoms with Crippen LogP contribution in [-0.2, 0) is 16.8 Å². The van der Waals surface area contributed by atoms with Crippen LogP contribution in [0, 0.1) is 12.7 Å². The number of hydrogen-bond donors (Lipinski definition) is 2. The van der Waals surface area contributed by atoms with E-state index in [1.54, 1.807) is 24.0 Å². The molecule has 0 atom stereocenters. The maximum atomic E-state index is 13.7. The van der Waals surface area contributed by atoms with E-state index in [1.807, 2.05) is 20.8 Å². The standard InChI is InChI=1S/C16H20FN3O2/c1-10-5-11(13(17)7-14(10)21)6-15(22)19-12-8-18-20(9-12)16(2,3)4/h5,7-9,21H,6H2,1-4H3,(H,19,22). The number of phenols is 1. The van der Waals surface area contributed by atoms with Crippen molar-refractivity contribution in [2.45, 2.75) is 39.7 Å². The molecular weight excluding hydrogens is 285 g/mol. The van der Waals surface area contributed by atoms with Crippen LogP contribution in [0.25, 0.3) is 0 Å². The Morgan fingerprint density at radius 2 is 2.09 bits per heavy atom. The van der Waals surface area contributed by atoms with E-state index in [9.17, 15) is 14.3 Å². The Balaban J connectivity index is 2.08. The molecule has 2 rings (SSSR count). The van der Waals surface area contributed by atoms with Gasteiger partial charge in [0, 0.05) is 12.3 Å². The van der Waals surface area contributed by atoms with Gasteiger partial charge in [-0.25, -0.2) is 4.39 Å². The third kappa shape index (κ3) is 3.63. The van der Waals surface area contributed by atoms with Gasteiger partial charge in [-0.15, -0.1) is 0 Å². The first-order chi connectivity index (χ1) is 10.2. The van der Waals surface area contributed by atoms with E-state index in [-0.39, 0.29) is 29.2 Å². The lowest BCUT2D eigenvalue weighted by Gasteiger charge is -2.18. The summed E-state index contributed by atoms with van der Waals surface area (Å²) in [5, 5.41) is 16.3. The summed E-state index contributed by atoms with van der Waals surface area (Å²) in [6.07, 6.45) is 3.19. The molecule has 6 heteroatoms. The molecule has 2 N–H and O–H groups in total. The average molecular weight is 305 g/mol. The largest absolute Gasteiger partial charge is 0.508 e. The molecule has 0 aliphatic carbocycles. The first kappa shape index (κ1) is 16.0. The van der Waals surface area contributed by atoms with Gasteiger partial charge in [-0.2, -0.15) is 5.10 Å². The van der Waals surface area contributed by atoms with Gasteiger partial charge in [-0.1, -0.05) is 0 Å². The van der Waals surface area contributed by atoms with E-state index < -0.39 is 5.82 Å². The van der Waals surface area contributed by atoms with Crippen LogP contribution in [0.2, 0.25) is 0 Å². The Labute approximate surface area is 128 Å². The molecule has 0 aliphatic heterocycles. The smallest absolute Gasteiger partial charge is 0.228 e. The number of hydrogen-bond acceptors (Lipinski definition) is 3. The van der Waals surface area contributed by atoms with E-state index in [1.165, 1.54) is 6.07 Å². The molecule has 0 fully saturated rings. The van der Waals surface area contributed by atoms with Crippen LogP contribution in [0.5, 0.6) is 5.75 Å². The van der Waals surface area contributed by atoms with Gasteiger partial charge in [0.1, 0.15) is 11.6 Å². The van der Waals surface area contributed by atoms with Gasteiger partial charge in [-0.05, 0) is 44.9 Å². The summed E-state index contributed by atoms with van der Waals surface area (Å²) in [5.41, 5.74) is 1.17. The molecule has 0 saturated heterocycles. The Morgan fingerprint density at radius 3 is 2.68 bits per heavy atom. The van der Waals surface area contributed by atoms with E-state index in [0.717, 1.165) is 6.07 Å². The highest BCUT2D eigenvalue weighted by molar-refractivity contribution is 5.92. The van der Waals surface area contributed by atoms with Crippen molar-refractivity contribution in [2.75, 3.05) is 5.32 Å². The lowest BCUT2D eigenvalue weighted by molar-refractivity contribution is -0.115. The number of aromatic hydroxyl groups is 1. The maximum Gasteiger partial charge on any atom is 0.228 e. The predicted octanol–water partition coefficient (Wildman–Crippen LogP) is 2.97. The van der Waals surface area contributed by atoms with Gasteiger partial charge in [0.25, 0.3) is 0 Å². The molecule has 1 heterocycles. The molecule has 1 aromatic heterocycles. The number of rotatable bonds is 3. The number of carbonyl (C=O) groups is 1. The highest BCUT2D eigenvalue weighted by Crippen LogP contribution is 2.21. The van der Waals surface area contributed by atoms with Crippen molar-refractivity contribution in [2.24, 2.45) is 0 Å². The topological polar surface area (TPSA) is 67.2 Å². The van der Waals surface area contributed by atoms with Crippen LogP contribution in [0.1, 0.15) is 31.9 Å². The third-order valence-corrected chi connectivity index (χ3v) is 3.27. The molecule has 1 amide bonds. The molecule has 22 heavy (non-hydrogen) atoms. The van der Waals surface area contributed by atoms with E-state index in [4.69, 9.17) is 0 Å². The van der Waals surface area contributed by atoms with Crippen molar-refractivity contribution >= 4 is 11.6 Å². The van der Waals surface area contributed by atoms with Crippen LogP contribution in [0.4, 0.5) is 10.1 Å². The number of carbonyl (C=O) groups excluding carboxylic acids is 1. The summed E-state index contributed by atoms with van der Waals surface area (Å²) in [5.74, 6) is -1.05. The summed E-state index contributed by atoms with van der Waals surface area (Å²) in [7, 11) is 0. The minimum atomic E-state index is -0.594. The first-order valence-electron chi connectivity index (χ1n) is 7.00. The molecule has 0 saturated carbocycles. The molecule has 0 spiro atoms. The third-order valence-electron chi connectivity index (χ3n) is 3.27. The summed E-state index contributed by atoms with van der Waals surface area (Å²) in [4.78, 5) is 12.0. The zero-order valence-electron chi connectivity index (χ0n) is 13.1. The zero-order valence-corrected chi connectivity index (χ0v) is 13.1. The number of anilines is 1. The second-order valence-corrected chi connectivity index (χ2v) is 6.30. The first-order valence-corrected chi connectivity index (χ1v) is 7.00. The SMILES string of the molecule is Cc1cc(CC(=O)Nc2cnn(C(C)(C)C)c2)c(F)cc1O. The lowest BCUT2D eigenvalue weighted by Crippen LogP contribution is -2.22. The molecule has 0 aliphatic rings. The highest BCUT2D eigenvalue weighted by atomic mass is 19.1. The Bertz CT molecular complexity index is 702. The highest BCUT2D eigenvalue weighted by Gasteiger charge is 2.16. The molecular formula is C16H20FN3O2. The molecule has 118 valence electrons. The van der Waals surface area contributed by atoms with Crippen LogP contribution in [0.3, 0.4) is 0 Å². The number of aryl methyl sites for hydroxylation is 1. The quantitative estimate of drug-likeness (QED) is 0.916. The van der Waals surface area contributed by atoms with Gasteiger partial charge in [0.05, 0.1) is 23.8 Å². The van der Waals surface area contributed by atoms with Crippen molar-refractivity contribution in [1.82, 2.24) is 9.78 Å². The zero-order chi connectivity index (χ0) is 16.5. The fraction of sp³-hybridized carbons (Fsp3) is 0.375. The van der Waals surface area contributed by atoms with Crippen LogP contribution in [0.15, 0.2) is 24.5 Å². The van der Waals surface area contributed by atoms with E-state index in [2.05, 4.69) is 10.4 Å². The molecule has 0 unspecified atom stereocenters. The second kappa shape index (κ2) is 5.79. The van der Waals surface area contributed by atoms with Gasteiger partial charge in [0.2, 0.25) is 5.91 Å². The number of amides is 1. The summed E-state index contributed by atoms with van der Waals surface area (Å²) < 4.78 is 15.5. The van der Waals surface area contributed by atoms with Crippen molar-refractivity contribution in [3.05, 3.63) is 41.5 Å². The average Bonchev–Trinajstić information content (AvgIpc) is 2.84. The van der Waals surface area contributed by atoms with Crippen molar-refractivity contribution in [1.29, 1.82) is 0 Å². The van der Waals surface area contributed by atoms with Gasteiger partial charge in [0.15, 0.2) is 0 Å². The number of nitrogens with zero attached hydrogens (tertiary/aromatic N) is 2.